The zero-order chi connectivity index (χ0) is 18.8. The third kappa shape index (κ3) is 3.97. The molecule has 3 aromatic rings. The molecule has 3 aromatic heterocycles. The lowest BCUT2D eigenvalue weighted by atomic mass is 10.1. The number of hydrogen-bond acceptors (Lipinski definition) is 9. The Bertz CT molecular complexity index is 950. The van der Waals surface area contributed by atoms with Crippen molar-refractivity contribution in [2.45, 2.75) is 17.6 Å². The van der Waals surface area contributed by atoms with Crippen LogP contribution in [0.4, 0.5) is 11.6 Å². The molecule has 27 heavy (non-hydrogen) atoms. The first-order valence-corrected chi connectivity index (χ1v) is 10.8. The minimum Gasteiger partial charge on any atom is -0.383 e. The minimum atomic E-state index is -0.102. The summed E-state index contributed by atoms with van der Waals surface area (Å²) in [5.74, 6) is 0.627. The van der Waals surface area contributed by atoms with Crippen LogP contribution in [0.25, 0.3) is 0 Å². The summed E-state index contributed by atoms with van der Waals surface area (Å²) in [6.45, 7) is 0. The van der Waals surface area contributed by atoms with E-state index in [1.165, 1.54) is 17.8 Å². The topological polar surface area (TPSA) is 110 Å². The van der Waals surface area contributed by atoms with Gasteiger partial charge in [-0.15, -0.1) is 22.7 Å². The van der Waals surface area contributed by atoms with Crippen molar-refractivity contribution in [2.24, 2.45) is 5.10 Å². The molecule has 0 aromatic carbocycles. The number of hydrogen-bond donors (Lipinski definition) is 2. The Kier molecular flexibility index (Phi) is 5.10. The van der Waals surface area contributed by atoms with Crippen LogP contribution in [-0.2, 0) is 4.79 Å². The van der Waals surface area contributed by atoms with Crippen molar-refractivity contribution >= 4 is 57.7 Å². The maximum atomic E-state index is 12.9. The maximum Gasteiger partial charge on any atom is 0.253 e. The van der Waals surface area contributed by atoms with E-state index in [2.05, 4.69) is 15.1 Å². The van der Waals surface area contributed by atoms with Gasteiger partial charge in [-0.2, -0.15) is 5.10 Å². The summed E-state index contributed by atoms with van der Waals surface area (Å²) in [6, 6.07) is 9.45. The number of thioether (sulfide) groups is 1. The Morgan fingerprint density at radius 2 is 1.93 bits per heavy atom. The molecule has 1 aliphatic rings. The zero-order valence-electron chi connectivity index (χ0n) is 14.1. The standard InChI is InChI=1S/C17H16N6OS3/c18-14-8-15(19)21-17(20-14)27-9-16(24)23-11(13-4-2-6-26-13)7-10(22-23)12-3-1-5-25-12/h1-6,8,11H,7,9H2,(H4,18,19,20,21). The van der Waals surface area contributed by atoms with Crippen molar-refractivity contribution in [2.75, 3.05) is 17.2 Å². The fraction of sp³-hybridized carbons (Fsp3) is 0.176. The second-order valence-corrected chi connectivity index (χ2v) is 8.66. The van der Waals surface area contributed by atoms with Crippen LogP contribution in [0.5, 0.6) is 0 Å². The summed E-state index contributed by atoms with van der Waals surface area (Å²) >= 11 is 4.46. The van der Waals surface area contributed by atoms with Gasteiger partial charge in [0.05, 0.1) is 22.4 Å². The molecule has 10 heteroatoms. The number of aromatic nitrogens is 2. The Morgan fingerprint density at radius 3 is 2.59 bits per heavy atom. The van der Waals surface area contributed by atoms with Crippen LogP contribution in [-0.4, -0.2) is 32.3 Å². The number of nitrogens with zero attached hydrogens (tertiary/aromatic N) is 4. The van der Waals surface area contributed by atoms with E-state index in [4.69, 9.17) is 11.5 Å². The maximum absolute atomic E-state index is 12.9. The van der Waals surface area contributed by atoms with Crippen molar-refractivity contribution in [3.63, 3.8) is 0 Å². The molecule has 0 radical (unpaired) electrons. The Labute approximate surface area is 168 Å². The molecule has 7 nitrogen and oxygen atoms in total. The number of amides is 1. The van der Waals surface area contributed by atoms with Crippen LogP contribution in [0.15, 0.2) is 51.3 Å². The lowest BCUT2D eigenvalue weighted by Crippen LogP contribution is -2.28. The average Bonchev–Trinajstić information content (AvgIpc) is 3.39. The fourth-order valence-electron chi connectivity index (χ4n) is 2.75. The molecule has 1 atom stereocenters. The van der Waals surface area contributed by atoms with Gasteiger partial charge < -0.3 is 11.5 Å². The quantitative estimate of drug-likeness (QED) is 0.488. The molecule has 0 fully saturated rings. The Hall–Kier alpha value is -2.43. The molecular formula is C17H16N6OS3. The molecule has 0 spiro atoms. The number of nitrogens with two attached hydrogens (primary N) is 2. The van der Waals surface area contributed by atoms with Crippen LogP contribution < -0.4 is 11.5 Å². The van der Waals surface area contributed by atoms with Crippen molar-refractivity contribution < 1.29 is 4.79 Å². The van der Waals surface area contributed by atoms with Gasteiger partial charge in [0.1, 0.15) is 11.6 Å². The van der Waals surface area contributed by atoms with Gasteiger partial charge in [0, 0.05) is 17.4 Å². The van der Waals surface area contributed by atoms with E-state index in [0.717, 1.165) is 15.5 Å². The molecule has 1 aliphatic heterocycles. The molecular weight excluding hydrogens is 400 g/mol. The van der Waals surface area contributed by atoms with Gasteiger partial charge in [-0.3, -0.25) is 4.79 Å². The minimum absolute atomic E-state index is 0.0815. The summed E-state index contributed by atoms with van der Waals surface area (Å²) in [5.41, 5.74) is 12.3. The SMILES string of the molecule is Nc1cc(N)nc(SCC(=O)N2N=C(c3cccs3)CC2c2cccs2)n1. The zero-order valence-corrected chi connectivity index (χ0v) is 16.6. The first-order valence-electron chi connectivity index (χ1n) is 8.10. The summed E-state index contributed by atoms with van der Waals surface area (Å²) in [4.78, 5) is 23.3. The summed E-state index contributed by atoms with van der Waals surface area (Å²) in [7, 11) is 0. The highest BCUT2D eigenvalue weighted by atomic mass is 32.2. The number of nitrogen functional groups attached to an aromatic ring is 2. The van der Waals surface area contributed by atoms with Gasteiger partial charge in [-0.1, -0.05) is 23.9 Å². The highest BCUT2D eigenvalue weighted by molar-refractivity contribution is 7.99. The van der Waals surface area contributed by atoms with Crippen molar-refractivity contribution in [3.8, 4) is 0 Å². The third-order valence-corrected chi connectivity index (χ3v) is 6.64. The largest absolute Gasteiger partial charge is 0.383 e. The molecule has 1 amide bonds. The average molecular weight is 417 g/mol. The monoisotopic (exact) mass is 416 g/mol. The van der Waals surface area contributed by atoms with Crippen LogP contribution >= 0.6 is 34.4 Å². The van der Waals surface area contributed by atoms with Gasteiger partial charge in [-0.05, 0) is 22.9 Å². The fourth-order valence-corrected chi connectivity index (χ4v) is 5.01. The Morgan fingerprint density at radius 1 is 1.19 bits per heavy atom. The smallest absolute Gasteiger partial charge is 0.253 e. The molecule has 138 valence electrons. The number of anilines is 2. The third-order valence-electron chi connectivity index (χ3n) is 3.91. The van der Waals surface area contributed by atoms with Crippen molar-refractivity contribution in [1.29, 1.82) is 0 Å². The van der Waals surface area contributed by atoms with Gasteiger partial charge in [0.15, 0.2) is 5.16 Å². The number of hydrazone groups is 1. The molecule has 4 heterocycles. The number of thiophene rings is 2. The van der Waals surface area contributed by atoms with Crippen LogP contribution in [0.2, 0.25) is 0 Å². The van der Waals surface area contributed by atoms with E-state index >= 15 is 0 Å². The second kappa shape index (κ2) is 7.67. The molecule has 0 aliphatic carbocycles. The molecule has 1 unspecified atom stereocenters. The van der Waals surface area contributed by atoms with Crippen LogP contribution in [0, 0.1) is 0 Å². The summed E-state index contributed by atoms with van der Waals surface area (Å²) in [6.07, 6.45) is 0.708. The van der Waals surface area contributed by atoms with Crippen LogP contribution in [0.3, 0.4) is 0 Å². The normalized spacial score (nSPS) is 16.5. The summed E-state index contributed by atoms with van der Waals surface area (Å²) < 4.78 is 0. The molecule has 0 bridgehead atoms. The van der Waals surface area contributed by atoms with Gasteiger partial charge in [0.25, 0.3) is 5.91 Å². The number of carbonyl (C=O) groups is 1. The lowest BCUT2D eigenvalue weighted by molar-refractivity contribution is -0.130. The van der Waals surface area contributed by atoms with E-state index < -0.39 is 0 Å². The predicted molar refractivity (Wildman–Crippen MR) is 111 cm³/mol. The molecule has 4 rings (SSSR count). The van der Waals surface area contributed by atoms with Gasteiger partial charge in [-0.25, -0.2) is 15.0 Å². The predicted octanol–water partition coefficient (Wildman–Crippen LogP) is 3.23. The van der Waals surface area contributed by atoms with E-state index in [1.807, 2.05) is 35.0 Å². The molecule has 4 N–H and O–H groups in total. The molecule has 0 saturated heterocycles. The first kappa shape index (κ1) is 18.0. The van der Waals surface area contributed by atoms with Gasteiger partial charge in [0.2, 0.25) is 0 Å². The summed E-state index contributed by atoms with van der Waals surface area (Å²) in [5, 5.41) is 10.6. The first-order chi connectivity index (χ1) is 13.1. The van der Waals surface area contributed by atoms with Crippen molar-refractivity contribution in [1.82, 2.24) is 15.0 Å². The second-order valence-electron chi connectivity index (χ2n) is 5.79. The highest BCUT2D eigenvalue weighted by Gasteiger charge is 2.34. The number of carbonyl (C=O) groups excluding carboxylic acids is 1. The number of rotatable bonds is 5. The molecule has 0 saturated carbocycles. The lowest BCUT2D eigenvalue weighted by Gasteiger charge is -2.20. The van der Waals surface area contributed by atoms with E-state index in [1.54, 1.807) is 27.7 Å². The van der Waals surface area contributed by atoms with E-state index in [9.17, 15) is 4.79 Å². The van der Waals surface area contributed by atoms with E-state index in [0.29, 0.717) is 11.6 Å². The highest BCUT2D eigenvalue weighted by Crippen LogP contribution is 2.36. The van der Waals surface area contributed by atoms with Crippen LogP contribution in [0.1, 0.15) is 22.2 Å². The van der Waals surface area contributed by atoms with Gasteiger partial charge >= 0.3 is 0 Å². The van der Waals surface area contributed by atoms with E-state index in [-0.39, 0.29) is 29.3 Å². The van der Waals surface area contributed by atoms with Crippen molar-refractivity contribution in [3.05, 3.63) is 50.8 Å². The Balaban J connectivity index is 1.53.